The summed E-state index contributed by atoms with van der Waals surface area (Å²) in [7, 11) is -3.32. The van der Waals surface area contributed by atoms with Crippen molar-refractivity contribution < 1.29 is 8.42 Å². The van der Waals surface area contributed by atoms with Crippen LogP contribution < -0.4 is 5.32 Å². The topological polar surface area (TPSA) is 52.7 Å². The summed E-state index contributed by atoms with van der Waals surface area (Å²) in [6.07, 6.45) is 0. The molecule has 1 fully saturated rings. The van der Waals surface area contributed by atoms with Gasteiger partial charge in [0.05, 0.1) is 0 Å². The maximum atomic E-state index is 12.6. The van der Waals surface area contributed by atoms with Gasteiger partial charge in [-0.25, -0.2) is 8.42 Å². The molecule has 0 spiro atoms. The van der Waals surface area contributed by atoms with E-state index in [1.807, 2.05) is 13.0 Å². The molecule has 0 saturated carbocycles. The minimum Gasteiger partial charge on any atom is -0.312 e. The van der Waals surface area contributed by atoms with Crippen LogP contribution in [0.1, 0.15) is 25.6 Å². The smallest absolute Gasteiger partial charge is 0.252 e. The molecule has 1 saturated heterocycles. The van der Waals surface area contributed by atoms with E-state index < -0.39 is 10.0 Å². The van der Waals surface area contributed by atoms with Gasteiger partial charge in [0.25, 0.3) is 10.0 Å². The van der Waals surface area contributed by atoms with E-state index in [1.54, 1.807) is 10.4 Å². The average Bonchev–Trinajstić information content (AvgIpc) is 2.94. The molecule has 1 aliphatic rings. The predicted octanol–water partition coefficient (Wildman–Crippen LogP) is 1.57. The number of rotatable bonds is 6. The van der Waals surface area contributed by atoms with Gasteiger partial charge in [0.2, 0.25) is 0 Å². The van der Waals surface area contributed by atoms with E-state index in [0.29, 0.717) is 23.3 Å². The second-order valence-corrected chi connectivity index (χ2v) is 8.87. The van der Waals surface area contributed by atoms with Gasteiger partial charge in [-0.15, -0.1) is 11.3 Å². The molecule has 5 nitrogen and oxygen atoms in total. The first kappa shape index (κ1) is 16.9. The highest BCUT2D eigenvalue weighted by molar-refractivity contribution is 7.91. The summed E-state index contributed by atoms with van der Waals surface area (Å²) in [5.74, 6) is 0. The van der Waals surface area contributed by atoms with E-state index in [1.165, 1.54) is 11.3 Å². The van der Waals surface area contributed by atoms with Gasteiger partial charge in [-0.3, -0.25) is 4.90 Å². The van der Waals surface area contributed by atoms with Crippen LogP contribution in [0, 0.1) is 0 Å². The molecule has 0 radical (unpaired) electrons. The Morgan fingerprint density at radius 2 is 1.90 bits per heavy atom. The van der Waals surface area contributed by atoms with Crippen LogP contribution in [0.25, 0.3) is 0 Å². The monoisotopic (exact) mass is 331 g/mol. The summed E-state index contributed by atoms with van der Waals surface area (Å²) in [5.41, 5.74) is 0. The van der Waals surface area contributed by atoms with Gasteiger partial charge in [-0.1, -0.05) is 6.92 Å². The standard InChI is InChI=1S/C14H25N3O2S2/c1-4-15-11-13-5-6-14(20-13)21(18,19)17-9-7-16(8-10-17)12(2)3/h5-6,12,15H,4,7-11H2,1-3H3. The molecule has 2 rings (SSSR count). The van der Waals surface area contributed by atoms with Gasteiger partial charge in [-0.2, -0.15) is 4.31 Å². The Kier molecular flexibility index (Phi) is 5.79. The zero-order valence-corrected chi connectivity index (χ0v) is 14.6. The third-order valence-corrected chi connectivity index (χ3v) is 7.24. The zero-order chi connectivity index (χ0) is 15.5. The lowest BCUT2D eigenvalue weighted by molar-refractivity contribution is 0.154. The third kappa shape index (κ3) is 4.04. The van der Waals surface area contributed by atoms with Crippen molar-refractivity contribution >= 4 is 21.4 Å². The normalized spacial score (nSPS) is 18.5. The lowest BCUT2D eigenvalue weighted by atomic mass is 10.3. The number of nitrogens with one attached hydrogen (secondary N) is 1. The molecule has 7 heteroatoms. The van der Waals surface area contributed by atoms with Crippen LogP contribution in [0.3, 0.4) is 0 Å². The molecule has 0 aromatic carbocycles. The molecule has 1 N–H and O–H groups in total. The Bertz CT molecular complexity index is 546. The quantitative estimate of drug-likeness (QED) is 0.860. The Morgan fingerprint density at radius 1 is 1.24 bits per heavy atom. The lowest BCUT2D eigenvalue weighted by Gasteiger charge is -2.35. The van der Waals surface area contributed by atoms with Crippen molar-refractivity contribution in [2.45, 2.75) is 37.6 Å². The van der Waals surface area contributed by atoms with Crippen LogP contribution in [0.5, 0.6) is 0 Å². The number of sulfonamides is 1. The van der Waals surface area contributed by atoms with Crippen molar-refractivity contribution in [3.63, 3.8) is 0 Å². The SMILES string of the molecule is CCNCc1ccc(S(=O)(=O)N2CCN(C(C)C)CC2)s1. The highest BCUT2D eigenvalue weighted by atomic mass is 32.2. The molecular weight excluding hydrogens is 306 g/mol. The molecule has 0 atom stereocenters. The molecule has 2 heterocycles. The van der Waals surface area contributed by atoms with Gasteiger partial charge >= 0.3 is 0 Å². The zero-order valence-electron chi connectivity index (χ0n) is 13.0. The summed E-state index contributed by atoms with van der Waals surface area (Å²) in [6, 6.07) is 4.12. The highest BCUT2D eigenvalue weighted by Crippen LogP contribution is 2.26. The largest absolute Gasteiger partial charge is 0.312 e. The molecule has 21 heavy (non-hydrogen) atoms. The van der Waals surface area contributed by atoms with E-state index in [9.17, 15) is 8.42 Å². The lowest BCUT2D eigenvalue weighted by Crippen LogP contribution is -2.50. The Labute approximate surface area is 132 Å². The van der Waals surface area contributed by atoms with Crippen LogP contribution in [-0.2, 0) is 16.6 Å². The van der Waals surface area contributed by atoms with Gasteiger partial charge in [0.1, 0.15) is 4.21 Å². The Hall–Kier alpha value is -0.470. The fourth-order valence-electron chi connectivity index (χ4n) is 2.43. The maximum Gasteiger partial charge on any atom is 0.252 e. The molecule has 120 valence electrons. The summed E-state index contributed by atoms with van der Waals surface area (Å²) < 4.78 is 27.4. The average molecular weight is 332 g/mol. The van der Waals surface area contributed by atoms with Crippen molar-refractivity contribution in [3.8, 4) is 0 Å². The Morgan fingerprint density at radius 3 is 2.48 bits per heavy atom. The van der Waals surface area contributed by atoms with Gasteiger partial charge < -0.3 is 5.32 Å². The minimum absolute atomic E-state index is 0.466. The summed E-state index contributed by atoms with van der Waals surface area (Å²) in [4.78, 5) is 3.38. The molecular formula is C14H25N3O2S2. The number of thiophene rings is 1. The maximum absolute atomic E-state index is 12.6. The van der Waals surface area contributed by atoms with E-state index in [0.717, 1.165) is 31.1 Å². The summed E-state index contributed by atoms with van der Waals surface area (Å²) >= 11 is 1.37. The van der Waals surface area contributed by atoms with Crippen LogP contribution in [0.4, 0.5) is 0 Å². The van der Waals surface area contributed by atoms with Gasteiger partial charge in [-0.05, 0) is 32.5 Å². The van der Waals surface area contributed by atoms with Crippen molar-refractivity contribution in [3.05, 3.63) is 17.0 Å². The van der Waals surface area contributed by atoms with Crippen LogP contribution in [-0.4, -0.2) is 56.4 Å². The van der Waals surface area contributed by atoms with E-state index in [2.05, 4.69) is 24.1 Å². The number of hydrogen-bond acceptors (Lipinski definition) is 5. The van der Waals surface area contributed by atoms with Crippen molar-refractivity contribution in [2.75, 3.05) is 32.7 Å². The minimum atomic E-state index is -3.32. The fraction of sp³-hybridized carbons (Fsp3) is 0.714. The summed E-state index contributed by atoms with van der Waals surface area (Å²) in [5, 5.41) is 3.22. The first-order chi connectivity index (χ1) is 9.95. The van der Waals surface area contributed by atoms with Crippen molar-refractivity contribution in [1.29, 1.82) is 0 Å². The molecule has 0 unspecified atom stereocenters. The first-order valence-corrected chi connectivity index (χ1v) is 9.74. The third-order valence-electron chi connectivity index (χ3n) is 3.78. The van der Waals surface area contributed by atoms with Gasteiger partial charge in [0, 0.05) is 43.6 Å². The molecule has 0 aliphatic carbocycles. The van der Waals surface area contributed by atoms with Crippen LogP contribution >= 0.6 is 11.3 Å². The second-order valence-electron chi connectivity index (χ2n) is 5.53. The fourth-order valence-corrected chi connectivity index (χ4v) is 5.33. The van der Waals surface area contributed by atoms with E-state index in [-0.39, 0.29) is 0 Å². The first-order valence-electron chi connectivity index (χ1n) is 7.48. The molecule has 1 aromatic rings. The number of nitrogens with zero attached hydrogens (tertiary/aromatic N) is 2. The van der Waals surface area contributed by atoms with Crippen LogP contribution in [0.15, 0.2) is 16.3 Å². The highest BCUT2D eigenvalue weighted by Gasteiger charge is 2.30. The summed E-state index contributed by atoms with van der Waals surface area (Å²) in [6.45, 7) is 10.8. The predicted molar refractivity (Wildman–Crippen MR) is 87.2 cm³/mol. The van der Waals surface area contributed by atoms with Crippen LogP contribution in [0.2, 0.25) is 0 Å². The van der Waals surface area contributed by atoms with Crippen molar-refractivity contribution in [2.24, 2.45) is 0 Å². The van der Waals surface area contributed by atoms with Gasteiger partial charge in [0.15, 0.2) is 0 Å². The molecule has 1 aromatic heterocycles. The molecule has 0 bridgehead atoms. The molecule has 1 aliphatic heterocycles. The number of hydrogen-bond donors (Lipinski definition) is 1. The van der Waals surface area contributed by atoms with E-state index in [4.69, 9.17) is 0 Å². The number of piperazine rings is 1. The van der Waals surface area contributed by atoms with Crippen molar-refractivity contribution in [1.82, 2.24) is 14.5 Å². The second kappa shape index (κ2) is 7.19. The Balaban J connectivity index is 2.03. The molecule has 0 amide bonds. The van der Waals surface area contributed by atoms with E-state index >= 15 is 0 Å².